The fourth-order valence-electron chi connectivity index (χ4n) is 8.22. The number of nitrogens with zero attached hydrogens (tertiary/aromatic N) is 4. The van der Waals surface area contributed by atoms with Gasteiger partial charge in [0.2, 0.25) is 0 Å². The molecule has 1 aliphatic heterocycles. The Bertz CT molecular complexity index is 2940. The lowest BCUT2D eigenvalue weighted by Crippen LogP contribution is -2.01. The van der Waals surface area contributed by atoms with E-state index in [2.05, 4.69) is 132 Å². The third-order valence-corrected chi connectivity index (χ3v) is 12.4. The molecule has 1 atom stereocenters. The number of benzene rings is 7. The third kappa shape index (κ3) is 5.59. The number of rotatable bonds is 6. The first kappa shape index (κ1) is 32.6. The molecule has 56 heavy (non-hydrogen) atoms. The number of allylic oxidation sites excluding steroid dienone is 3. The van der Waals surface area contributed by atoms with Crippen molar-refractivity contribution in [1.82, 2.24) is 19.5 Å². The maximum Gasteiger partial charge on any atom is 0.164 e. The van der Waals surface area contributed by atoms with Gasteiger partial charge in [-0.25, -0.2) is 15.0 Å². The van der Waals surface area contributed by atoms with Crippen LogP contribution in [-0.2, 0) is 0 Å². The molecule has 0 bridgehead atoms. The number of fused-ring (bicyclic) bond motifs is 6. The lowest BCUT2D eigenvalue weighted by Gasteiger charge is -2.16. The molecule has 0 saturated carbocycles. The molecule has 3 heterocycles. The molecular weight excluding hydrogens is 701 g/mol. The largest absolute Gasteiger partial charge is 0.309 e. The molecule has 0 amide bonds. The van der Waals surface area contributed by atoms with Crippen molar-refractivity contribution in [1.29, 1.82) is 0 Å². The lowest BCUT2D eigenvalue weighted by atomic mass is 9.93. The molecular formula is C51H34N4S. The number of aromatic nitrogens is 4. The van der Waals surface area contributed by atoms with Crippen LogP contribution in [-0.4, -0.2) is 24.8 Å². The molecule has 0 saturated heterocycles. The van der Waals surface area contributed by atoms with E-state index >= 15 is 0 Å². The molecule has 2 aromatic heterocycles. The van der Waals surface area contributed by atoms with Gasteiger partial charge in [0.25, 0.3) is 0 Å². The van der Waals surface area contributed by atoms with E-state index in [4.69, 9.17) is 15.0 Å². The van der Waals surface area contributed by atoms with Crippen molar-refractivity contribution in [3.8, 4) is 62.1 Å². The molecule has 4 nitrogen and oxygen atoms in total. The minimum Gasteiger partial charge on any atom is -0.309 e. The van der Waals surface area contributed by atoms with E-state index in [0.717, 1.165) is 34.4 Å². The van der Waals surface area contributed by atoms with Crippen molar-refractivity contribution in [3.63, 3.8) is 0 Å². The van der Waals surface area contributed by atoms with Crippen molar-refractivity contribution < 1.29 is 0 Å². The zero-order chi connectivity index (χ0) is 37.0. The molecule has 0 radical (unpaired) electrons. The highest BCUT2D eigenvalue weighted by atomic mass is 32.2. The highest BCUT2D eigenvalue weighted by molar-refractivity contribution is 8.01. The highest BCUT2D eigenvalue weighted by Gasteiger charge is 2.31. The third-order valence-electron chi connectivity index (χ3n) is 10.9. The summed E-state index contributed by atoms with van der Waals surface area (Å²) >= 11 is 1.99. The fraction of sp³-hybridized carbons (Fsp3) is 0.0392. The van der Waals surface area contributed by atoms with E-state index < -0.39 is 0 Å². The summed E-state index contributed by atoms with van der Waals surface area (Å²) in [5, 5.41) is 2.91. The molecule has 0 fully saturated rings. The van der Waals surface area contributed by atoms with Crippen LogP contribution in [0.3, 0.4) is 0 Å². The van der Waals surface area contributed by atoms with Crippen molar-refractivity contribution >= 4 is 39.1 Å². The van der Waals surface area contributed by atoms with Crippen LogP contribution in [0.2, 0.25) is 0 Å². The highest BCUT2D eigenvalue weighted by Crippen LogP contribution is 2.53. The topological polar surface area (TPSA) is 43.6 Å². The minimum atomic E-state index is 0.407. The van der Waals surface area contributed by atoms with Gasteiger partial charge in [0.15, 0.2) is 17.5 Å². The second kappa shape index (κ2) is 13.5. The lowest BCUT2D eigenvalue weighted by molar-refractivity contribution is 1.07. The predicted octanol–water partition coefficient (Wildman–Crippen LogP) is 13.1. The van der Waals surface area contributed by atoms with Gasteiger partial charge in [0.1, 0.15) is 0 Å². The zero-order valence-electron chi connectivity index (χ0n) is 30.4. The zero-order valence-corrected chi connectivity index (χ0v) is 31.2. The molecule has 0 N–H and O–H groups in total. The Morgan fingerprint density at radius 3 is 1.68 bits per heavy atom. The van der Waals surface area contributed by atoms with Crippen molar-refractivity contribution in [2.24, 2.45) is 0 Å². The van der Waals surface area contributed by atoms with E-state index in [-0.39, 0.29) is 0 Å². The van der Waals surface area contributed by atoms with Crippen molar-refractivity contribution in [3.05, 3.63) is 194 Å². The van der Waals surface area contributed by atoms with Crippen LogP contribution in [0.5, 0.6) is 0 Å². The molecule has 264 valence electrons. The van der Waals surface area contributed by atoms with Gasteiger partial charge in [0, 0.05) is 43.3 Å². The molecule has 0 spiro atoms. The van der Waals surface area contributed by atoms with Crippen LogP contribution in [0.25, 0.3) is 89.5 Å². The van der Waals surface area contributed by atoms with Gasteiger partial charge >= 0.3 is 0 Å². The van der Waals surface area contributed by atoms with Crippen LogP contribution in [0, 0.1) is 0 Å². The van der Waals surface area contributed by atoms with Gasteiger partial charge in [-0.1, -0.05) is 164 Å². The maximum absolute atomic E-state index is 5.00. The Morgan fingerprint density at radius 2 is 1.00 bits per heavy atom. The van der Waals surface area contributed by atoms with E-state index in [1.54, 1.807) is 0 Å². The molecule has 11 rings (SSSR count). The summed E-state index contributed by atoms with van der Waals surface area (Å²) in [6.45, 7) is 0. The van der Waals surface area contributed by atoms with Crippen LogP contribution in [0.15, 0.2) is 193 Å². The number of hydrogen-bond donors (Lipinski definition) is 0. The maximum atomic E-state index is 5.00. The average Bonchev–Trinajstić information content (AvgIpc) is 3.82. The summed E-state index contributed by atoms with van der Waals surface area (Å²) in [6.07, 6.45) is 7.86. The summed E-state index contributed by atoms with van der Waals surface area (Å²) in [5.41, 5.74) is 14.0. The SMILES string of the molecule is C1=CCC2Sc3c(cc(-n4c5ccccc5c5ccc(-c6ccccc6)cc54)cc3-c3ccc(-c4nc(-c5ccccc5)nc(-c5ccccc5)n4)cc3)C2=C1. The smallest absolute Gasteiger partial charge is 0.164 e. The van der Waals surface area contributed by atoms with E-state index in [0.29, 0.717) is 22.7 Å². The quantitative estimate of drug-likeness (QED) is 0.171. The monoisotopic (exact) mass is 734 g/mol. The Balaban J connectivity index is 1.08. The van der Waals surface area contributed by atoms with E-state index in [9.17, 15) is 0 Å². The van der Waals surface area contributed by atoms with Gasteiger partial charge in [-0.3, -0.25) is 0 Å². The molecule has 9 aromatic rings. The van der Waals surface area contributed by atoms with Crippen molar-refractivity contribution in [2.75, 3.05) is 0 Å². The first-order valence-corrected chi connectivity index (χ1v) is 19.9. The summed E-state index contributed by atoms with van der Waals surface area (Å²) in [5.74, 6) is 1.97. The Labute approximate surface area is 329 Å². The van der Waals surface area contributed by atoms with Crippen LogP contribution in [0.1, 0.15) is 12.0 Å². The normalized spacial score (nSPS) is 14.5. The first-order valence-electron chi connectivity index (χ1n) is 19.0. The molecule has 2 aliphatic rings. The standard InChI is InChI=1S/C51H34N4S/c1-4-14-33(15-5-1)38-28-29-41-40-20-10-12-22-45(40)55(46(41)30-38)39-31-43(48-44(32-39)42-21-11-13-23-47(42)56-48)34-24-26-37(27-25-34)51-53-49(35-16-6-2-7-17-35)52-50(54-51)36-18-8-3-9-19-36/h1-22,24-32,47H,23H2. The molecule has 1 unspecified atom stereocenters. The molecule has 7 aromatic carbocycles. The minimum absolute atomic E-state index is 0.407. The first-order chi connectivity index (χ1) is 27.7. The average molecular weight is 735 g/mol. The van der Waals surface area contributed by atoms with Gasteiger partial charge in [-0.2, -0.15) is 0 Å². The Hall–Kier alpha value is -6.82. The molecule has 5 heteroatoms. The molecule has 1 aliphatic carbocycles. The number of thioether (sulfide) groups is 1. The summed E-state index contributed by atoms with van der Waals surface area (Å²) in [6, 6.07) is 60.3. The number of hydrogen-bond acceptors (Lipinski definition) is 4. The van der Waals surface area contributed by atoms with Crippen LogP contribution in [0.4, 0.5) is 0 Å². The van der Waals surface area contributed by atoms with Gasteiger partial charge in [-0.05, 0) is 64.1 Å². The van der Waals surface area contributed by atoms with Crippen molar-refractivity contribution in [2.45, 2.75) is 16.6 Å². The van der Waals surface area contributed by atoms with Crippen LogP contribution < -0.4 is 0 Å². The Morgan fingerprint density at radius 1 is 0.464 bits per heavy atom. The fourth-order valence-corrected chi connectivity index (χ4v) is 9.65. The summed E-state index contributed by atoms with van der Waals surface area (Å²) in [4.78, 5) is 16.2. The summed E-state index contributed by atoms with van der Waals surface area (Å²) in [7, 11) is 0. The van der Waals surface area contributed by atoms with Gasteiger partial charge in [0.05, 0.1) is 11.0 Å². The van der Waals surface area contributed by atoms with E-state index in [1.807, 2.05) is 72.4 Å². The Kier molecular flexibility index (Phi) is 7.85. The van der Waals surface area contributed by atoms with Crippen LogP contribution >= 0.6 is 11.8 Å². The second-order valence-electron chi connectivity index (χ2n) is 14.3. The number of para-hydroxylation sites is 1. The van der Waals surface area contributed by atoms with Gasteiger partial charge in [-0.15, -0.1) is 11.8 Å². The second-order valence-corrected chi connectivity index (χ2v) is 15.5. The van der Waals surface area contributed by atoms with Gasteiger partial charge < -0.3 is 4.57 Å². The van der Waals surface area contributed by atoms with E-state index in [1.165, 1.54) is 54.5 Å². The predicted molar refractivity (Wildman–Crippen MR) is 233 cm³/mol. The summed E-state index contributed by atoms with van der Waals surface area (Å²) < 4.78 is 2.47.